The molecule has 0 amide bonds. The molecule has 0 saturated heterocycles. The molecule has 0 unspecified atom stereocenters. The highest BCUT2D eigenvalue weighted by atomic mass is 32.2. The summed E-state index contributed by atoms with van der Waals surface area (Å²) in [6, 6.07) is 14.1. The van der Waals surface area contributed by atoms with Crippen molar-refractivity contribution in [1.82, 2.24) is 9.97 Å². The zero-order valence-corrected chi connectivity index (χ0v) is 11.5. The summed E-state index contributed by atoms with van der Waals surface area (Å²) in [4.78, 5) is 10.5. The van der Waals surface area contributed by atoms with Crippen LogP contribution in [0, 0.1) is 11.3 Å². The Morgan fingerprint density at radius 3 is 2.74 bits per heavy atom. The van der Waals surface area contributed by atoms with Crippen molar-refractivity contribution in [1.29, 1.82) is 5.26 Å². The summed E-state index contributed by atoms with van der Waals surface area (Å²) in [6.45, 7) is 0.616. The lowest BCUT2D eigenvalue weighted by molar-refractivity contribution is 0.906. The Bertz CT molecular complexity index is 565. The van der Waals surface area contributed by atoms with Crippen LogP contribution in [0.15, 0.2) is 47.8 Å². The molecule has 0 atom stereocenters. The minimum Gasteiger partial charge on any atom is -0.325 e. The maximum atomic E-state index is 8.80. The van der Waals surface area contributed by atoms with Gasteiger partial charge < -0.3 is 4.90 Å². The van der Waals surface area contributed by atoms with Crippen molar-refractivity contribution in [2.24, 2.45) is 0 Å². The Morgan fingerprint density at radius 1 is 1.26 bits per heavy atom. The van der Waals surface area contributed by atoms with Crippen molar-refractivity contribution in [2.45, 2.75) is 11.4 Å². The third kappa shape index (κ3) is 3.46. The van der Waals surface area contributed by atoms with Gasteiger partial charge in [-0.15, -0.1) is 11.8 Å². The molecule has 0 radical (unpaired) electrons. The molecule has 1 heterocycles. The Hall–Kier alpha value is -2.06. The van der Waals surface area contributed by atoms with Crippen LogP contribution in [0.25, 0.3) is 0 Å². The highest BCUT2D eigenvalue weighted by Gasteiger charge is 2.10. The maximum Gasteiger partial charge on any atom is 0.137 e. The van der Waals surface area contributed by atoms with Crippen LogP contribution < -0.4 is 4.90 Å². The second-order valence-corrected chi connectivity index (χ2v) is 4.64. The van der Waals surface area contributed by atoms with E-state index in [4.69, 9.17) is 5.26 Å². The van der Waals surface area contributed by atoms with Gasteiger partial charge in [-0.3, -0.25) is 0 Å². The standard InChI is InChI=1S/C14H14N4S/c1-19-14-10-13(16-11-17-14)18(9-5-8-15)12-6-3-2-4-7-12/h2-4,6-7,10-11H,5,9H2,1H3. The van der Waals surface area contributed by atoms with Gasteiger partial charge in [-0.2, -0.15) is 5.26 Å². The van der Waals surface area contributed by atoms with Gasteiger partial charge in [0.15, 0.2) is 0 Å². The van der Waals surface area contributed by atoms with E-state index in [1.165, 1.54) is 0 Å². The second-order valence-electron chi connectivity index (χ2n) is 3.81. The third-order valence-electron chi connectivity index (χ3n) is 2.63. The van der Waals surface area contributed by atoms with Gasteiger partial charge in [-0.25, -0.2) is 9.97 Å². The van der Waals surface area contributed by atoms with Crippen molar-refractivity contribution in [3.8, 4) is 6.07 Å². The Morgan fingerprint density at radius 2 is 2.05 bits per heavy atom. The second kappa shape index (κ2) is 6.76. The fourth-order valence-electron chi connectivity index (χ4n) is 1.73. The summed E-state index contributed by atoms with van der Waals surface area (Å²) in [5.41, 5.74) is 1.03. The van der Waals surface area contributed by atoms with Gasteiger partial charge in [-0.1, -0.05) is 18.2 Å². The first-order valence-corrected chi connectivity index (χ1v) is 7.13. The number of aromatic nitrogens is 2. The minimum atomic E-state index is 0.452. The number of nitrogens with zero attached hydrogens (tertiary/aromatic N) is 4. The number of hydrogen-bond acceptors (Lipinski definition) is 5. The minimum absolute atomic E-state index is 0.452. The van der Waals surface area contributed by atoms with E-state index in [0.717, 1.165) is 16.5 Å². The normalized spacial score (nSPS) is 9.89. The SMILES string of the molecule is CSc1cc(N(CCC#N)c2ccccc2)ncn1. The molecule has 19 heavy (non-hydrogen) atoms. The third-order valence-corrected chi connectivity index (χ3v) is 3.27. The van der Waals surface area contributed by atoms with Crippen LogP contribution in [0.4, 0.5) is 11.5 Å². The van der Waals surface area contributed by atoms with Gasteiger partial charge in [0.25, 0.3) is 0 Å². The summed E-state index contributed by atoms with van der Waals surface area (Å²) in [7, 11) is 0. The topological polar surface area (TPSA) is 52.8 Å². The van der Waals surface area contributed by atoms with Crippen LogP contribution >= 0.6 is 11.8 Å². The smallest absolute Gasteiger partial charge is 0.137 e. The van der Waals surface area contributed by atoms with Crippen LogP contribution in [0.3, 0.4) is 0 Å². The quantitative estimate of drug-likeness (QED) is 0.616. The molecule has 0 aliphatic heterocycles. The first kappa shape index (κ1) is 13.4. The number of nitriles is 1. The predicted octanol–water partition coefficient (Wildman–Crippen LogP) is 3.25. The molecule has 2 aromatic rings. The Labute approximate surface area is 117 Å². The lowest BCUT2D eigenvalue weighted by Crippen LogP contribution is -2.19. The van der Waals surface area contributed by atoms with Crippen molar-refractivity contribution < 1.29 is 0 Å². The van der Waals surface area contributed by atoms with Crippen molar-refractivity contribution in [2.75, 3.05) is 17.7 Å². The first-order chi connectivity index (χ1) is 9.35. The van der Waals surface area contributed by atoms with E-state index >= 15 is 0 Å². The molecule has 0 fully saturated rings. The van der Waals surface area contributed by atoms with E-state index < -0.39 is 0 Å². The predicted molar refractivity (Wildman–Crippen MR) is 77.5 cm³/mol. The molecule has 0 saturated carbocycles. The monoisotopic (exact) mass is 270 g/mol. The highest BCUT2D eigenvalue weighted by Crippen LogP contribution is 2.25. The van der Waals surface area contributed by atoms with E-state index in [-0.39, 0.29) is 0 Å². The van der Waals surface area contributed by atoms with E-state index in [9.17, 15) is 0 Å². The molecule has 0 aliphatic carbocycles. The molecule has 0 N–H and O–H groups in total. The number of hydrogen-bond donors (Lipinski definition) is 0. The molecular formula is C14H14N4S. The number of thioether (sulfide) groups is 1. The molecule has 0 bridgehead atoms. The van der Waals surface area contributed by atoms with Gasteiger partial charge in [0.05, 0.1) is 12.5 Å². The summed E-state index contributed by atoms with van der Waals surface area (Å²) < 4.78 is 0. The molecule has 96 valence electrons. The van der Waals surface area contributed by atoms with Gasteiger partial charge in [0, 0.05) is 18.3 Å². The molecule has 1 aromatic heterocycles. The fraction of sp³-hybridized carbons (Fsp3) is 0.214. The van der Waals surface area contributed by atoms with Gasteiger partial charge in [0.1, 0.15) is 17.2 Å². The molecule has 4 nitrogen and oxygen atoms in total. The van der Waals surface area contributed by atoms with Gasteiger partial charge in [0.2, 0.25) is 0 Å². The van der Waals surface area contributed by atoms with Crippen LogP contribution in [0.2, 0.25) is 0 Å². The van der Waals surface area contributed by atoms with E-state index in [1.54, 1.807) is 18.1 Å². The zero-order chi connectivity index (χ0) is 13.5. The molecule has 2 rings (SSSR count). The summed E-state index contributed by atoms with van der Waals surface area (Å²) >= 11 is 1.58. The first-order valence-electron chi connectivity index (χ1n) is 5.90. The lowest BCUT2D eigenvalue weighted by atomic mass is 10.2. The van der Waals surface area contributed by atoms with Crippen LogP contribution in [0.1, 0.15) is 6.42 Å². The Balaban J connectivity index is 2.34. The largest absolute Gasteiger partial charge is 0.325 e. The van der Waals surface area contributed by atoms with Gasteiger partial charge in [-0.05, 0) is 18.4 Å². The van der Waals surface area contributed by atoms with Crippen LogP contribution in [-0.4, -0.2) is 22.8 Å². The lowest BCUT2D eigenvalue weighted by Gasteiger charge is -2.22. The van der Waals surface area contributed by atoms with E-state index in [0.29, 0.717) is 13.0 Å². The van der Waals surface area contributed by atoms with E-state index in [2.05, 4.69) is 16.0 Å². The summed E-state index contributed by atoms with van der Waals surface area (Å²) in [5.74, 6) is 0.820. The maximum absolute atomic E-state index is 8.80. The number of anilines is 2. The fourth-order valence-corrected chi connectivity index (χ4v) is 2.11. The summed E-state index contributed by atoms with van der Waals surface area (Å²) in [6.07, 6.45) is 3.99. The molecule has 0 aliphatic rings. The molecule has 5 heteroatoms. The van der Waals surface area contributed by atoms with Crippen molar-refractivity contribution in [3.63, 3.8) is 0 Å². The number of rotatable bonds is 5. The van der Waals surface area contributed by atoms with Crippen molar-refractivity contribution >= 4 is 23.3 Å². The van der Waals surface area contributed by atoms with Crippen LogP contribution in [-0.2, 0) is 0 Å². The van der Waals surface area contributed by atoms with Crippen LogP contribution in [0.5, 0.6) is 0 Å². The molecule has 0 spiro atoms. The Kier molecular flexibility index (Phi) is 4.76. The highest BCUT2D eigenvalue weighted by molar-refractivity contribution is 7.98. The molecule has 1 aromatic carbocycles. The summed E-state index contributed by atoms with van der Waals surface area (Å²) in [5, 5.41) is 9.72. The number of para-hydroxylation sites is 1. The zero-order valence-electron chi connectivity index (χ0n) is 10.7. The van der Waals surface area contributed by atoms with Gasteiger partial charge >= 0.3 is 0 Å². The molecular weight excluding hydrogens is 256 g/mol. The van der Waals surface area contributed by atoms with E-state index in [1.807, 2.05) is 47.6 Å². The average molecular weight is 270 g/mol. The average Bonchev–Trinajstić information content (AvgIpc) is 2.49. The number of benzene rings is 1. The van der Waals surface area contributed by atoms with Crippen molar-refractivity contribution in [3.05, 3.63) is 42.7 Å².